The van der Waals surface area contributed by atoms with Crippen LogP contribution in [-0.2, 0) is 20.2 Å². The van der Waals surface area contributed by atoms with Gasteiger partial charge in [-0.1, -0.05) is 32.9 Å². The van der Waals surface area contributed by atoms with E-state index in [1.807, 2.05) is 12.1 Å². The van der Waals surface area contributed by atoms with E-state index in [1.54, 1.807) is 23.5 Å². The molecule has 1 heterocycles. The quantitative estimate of drug-likeness (QED) is 0.802. The Morgan fingerprint density at radius 2 is 1.60 bits per heavy atom. The van der Waals surface area contributed by atoms with Crippen LogP contribution in [-0.4, -0.2) is 63.1 Å². The van der Waals surface area contributed by atoms with Gasteiger partial charge in [0.2, 0.25) is 10.0 Å². The van der Waals surface area contributed by atoms with Gasteiger partial charge in [0.25, 0.3) is 0 Å². The highest BCUT2D eigenvalue weighted by atomic mass is 32.2. The molecule has 1 aliphatic heterocycles. The molecule has 1 aromatic rings. The van der Waals surface area contributed by atoms with Crippen LogP contribution in [0.3, 0.4) is 0 Å². The maximum absolute atomic E-state index is 13.0. The monoisotopic (exact) mass is 368 g/mol. The number of nitrogens with zero attached hydrogens (tertiary/aromatic N) is 2. The van der Waals surface area contributed by atoms with Crippen molar-refractivity contribution in [3.05, 3.63) is 29.8 Å². The number of rotatable bonds is 5. The second-order valence-electron chi connectivity index (χ2n) is 8.03. The van der Waals surface area contributed by atoms with Gasteiger partial charge in [-0.05, 0) is 37.0 Å². The Morgan fingerprint density at radius 1 is 1.08 bits per heavy atom. The highest BCUT2D eigenvalue weighted by Crippen LogP contribution is 2.26. The molecule has 6 heteroatoms. The number of methoxy groups -OCH3 is 1. The molecule has 2 rings (SSSR count). The molecule has 2 atom stereocenters. The number of hydrogen-bond donors (Lipinski definition) is 0. The van der Waals surface area contributed by atoms with Gasteiger partial charge in [-0.2, -0.15) is 4.31 Å². The van der Waals surface area contributed by atoms with Gasteiger partial charge in [0, 0.05) is 38.8 Å². The number of piperazine rings is 1. The zero-order valence-corrected chi connectivity index (χ0v) is 17.1. The van der Waals surface area contributed by atoms with Crippen molar-refractivity contribution in [3.8, 4) is 0 Å². The molecule has 2 unspecified atom stereocenters. The summed E-state index contributed by atoms with van der Waals surface area (Å²) in [5.41, 5.74) is 1.15. The molecule has 0 bridgehead atoms. The van der Waals surface area contributed by atoms with E-state index >= 15 is 0 Å². The summed E-state index contributed by atoms with van der Waals surface area (Å²) in [6, 6.07) is 7.67. The maximum atomic E-state index is 13.0. The molecule has 0 N–H and O–H groups in total. The fourth-order valence-corrected chi connectivity index (χ4v) is 5.02. The van der Waals surface area contributed by atoms with Crippen molar-refractivity contribution in [2.75, 3.05) is 33.4 Å². The van der Waals surface area contributed by atoms with Crippen molar-refractivity contribution < 1.29 is 13.2 Å². The van der Waals surface area contributed by atoms with E-state index in [0.29, 0.717) is 24.6 Å². The molecule has 1 aliphatic rings. The molecular weight excluding hydrogens is 336 g/mol. The zero-order valence-electron chi connectivity index (χ0n) is 16.3. The van der Waals surface area contributed by atoms with E-state index in [1.165, 1.54) is 0 Å². The first-order valence-electron chi connectivity index (χ1n) is 8.92. The minimum absolute atomic E-state index is 0.0122. The SMILES string of the molecule is COCCN1C(C)CN(S(=O)(=O)c2ccc(C(C)(C)C)cc2)CC1C. The average Bonchev–Trinajstić information content (AvgIpc) is 2.53. The van der Waals surface area contributed by atoms with Gasteiger partial charge in [-0.3, -0.25) is 4.90 Å². The zero-order chi connectivity index (χ0) is 18.8. The average molecular weight is 369 g/mol. The van der Waals surface area contributed by atoms with Crippen molar-refractivity contribution in [2.45, 2.75) is 57.0 Å². The summed E-state index contributed by atoms with van der Waals surface area (Å²) < 4.78 is 32.9. The Morgan fingerprint density at radius 3 is 2.04 bits per heavy atom. The summed E-state index contributed by atoms with van der Waals surface area (Å²) in [5, 5.41) is 0. The minimum atomic E-state index is -3.46. The van der Waals surface area contributed by atoms with Gasteiger partial charge in [-0.15, -0.1) is 0 Å². The minimum Gasteiger partial charge on any atom is -0.383 e. The summed E-state index contributed by atoms with van der Waals surface area (Å²) in [5.74, 6) is 0. The lowest BCUT2D eigenvalue weighted by atomic mass is 9.87. The smallest absolute Gasteiger partial charge is 0.243 e. The molecule has 5 nitrogen and oxygen atoms in total. The topological polar surface area (TPSA) is 49.9 Å². The molecule has 142 valence electrons. The van der Waals surface area contributed by atoms with Crippen molar-refractivity contribution in [3.63, 3.8) is 0 Å². The third kappa shape index (κ3) is 4.61. The third-order valence-corrected chi connectivity index (χ3v) is 6.83. The molecule has 1 saturated heterocycles. The van der Waals surface area contributed by atoms with Crippen LogP contribution >= 0.6 is 0 Å². The molecule has 0 radical (unpaired) electrons. The van der Waals surface area contributed by atoms with Crippen LogP contribution in [0.2, 0.25) is 0 Å². The second kappa shape index (κ2) is 7.74. The standard InChI is InChI=1S/C19H32N2O3S/c1-15-13-20(14-16(2)21(15)11-12-24-6)25(22,23)18-9-7-17(8-10-18)19(3,4)5/h7-10,15-16H,11-14H2,1-6H3. The first kappa shape index (κ1) is 20.4. The Hall–Kier alpha value is -0.950. The van der Waals surface area contributed by atoms with Crippen molar-refractivity contribution in [1.29, 1.82) is 0 Å². The lowest BCUT2D eigenvalue weighted by Gasteiger charge is -2.43. The van der Waals surface area contributed by atoms with Gasteiger partial charge < -0.3 is 4.74 Å². The van der Waals surface area contributed by atoms with Gasteiger partial charge in [-0.25, -0.2) is 8.42 Å². The molecule has 0 aromatic heterocycles. The Labute approximate surface area is 153 Å². The van der Waals surface area contributed by atoms with E-state index in [9.17, 15) is 8.42 Å². The highest BCUT2D eigenvalue weighted by molar-refractivity contribution is 7.89. The summed E-state index contributed by atoms with van der Waals surface area (Å²) in [6.45, 7) is 13.0. The van der Waals surface area contributed by atoms with E-state index in [0.717, 1.165) is 12.1 Å². The summed E-state index contributed by atoms with van der Waals surface area (Å²) in [7, 11) is -1.77. The predicted molar refractivity (Wildman–Crippen MR) is 101 cm³/mol. The number of sulfonamides is 1. The highest BCUT2D eigenvalue weighted by Gasteiger charge is 2.35. The van der Waals surface area contributed by atoms with Gasteiger partial charge in [0.1, 0.15) is 0 Å². The Kier molecular flexibility index (Phi) is 6.30. The second-order valence-corrected chi connectivity index (χ2v) is 9.96. The molecular formula is C19H32N2O3S. The third-order valence-electron chi connectivity index (χ3n) is 4.98. The lowest BCUT2D eigenvalue weighted by Crippen LogP contribution is -2.58. The van der Waals surface area contributed by atoms with Crippen molar-refractivity contribution in [1.82, 2.24) is 9.21 Å². The largest absolute Gasteiger partial charge is 0.383 e. The fraction of sp³-hybridized carbons (Fsp3) is 0.684. The van der Waals surface area contributed by atoms with Gasteiger partial charge >= 0.3 is 0 Å². The first-order valence-corrected chi connectivity index (χ1v) is 10.4. The van der Waals surface area contributed by atoms with Gasteiger partial charge in [0.05, 0.1) is 11.5 Å². The van der Waals surface area contributed by atoms with Crippen LogP contribution < -0.4 is 0 Å². The summed E-state index contributed by atoms with van der Waals surface area (Å²) in [4.78, 5) is 2.70. The first-order chi connectivity index (χ1) is 11.6. The Balaban J connectivity index is 2.17. The van der Waals surface area contributed by atoms with Crippen LogP contribution in [0, 0.1) is 0 Å². The molecule has 1 aromatic carbocycles. The number of benzene rings is 1. The molecule has 0 amide bonds. The normalized spacial score (nSPS) is 23.8. The van der Waals surface area contributed by atoms with Crippen molar-refractivity contribution in [2.24, 2.45) is 0 Å². The van der Waals surface area contributed by atoms with Crippen molar-refractivity contribution >= 4 is 10.0 Å². The van der Waals surface area contributed by atoms with Crippen LogP contribution in [0.4, 0.5) is 0 Å². The Bertz CT molecular complexity index is 653. The van der Waals surface area contributed by atoms with Crippen LogP contribution in [0.5, 0.6) is 0 Å². The van der Waals surface area contributed by atoms with E-state index in [4.69, 9.17) is 4.74 Å². The number of hydrogen-bond acceptors (Lipinski definition) is 4. The number of ether oxygens (including phenoxy) is 1. The molecule has 0 spiro atoms. The molecule has 0 saturated carbocycles. The predicted octanol–water partition coefficient (Wildman–Crippen LogP) is 2.71. The van der Waals surface area contributed by atoms with E-state index in [-0.39, 0.29) is 17.5 Å². The molecule has 1 fully saturated rings. The molecule has 25 heavy (non-hydrogen) atoms. The molecule has 0 aliphatic carbocycles. The summed E-state index contributed by atoms with van der Waals surface area (Å²) >= 11 is 0. The van der Waals surface area contributed by atoms with Crippen LogP contribution in [0.1, 0.15) is 40.2 Å². The fourth-order valence-electron chi connectivity index (χ4n) is 3.42. The van der Waals surface area contributed by atoms with E-state index in [2.05, 4.69) is 39.5 Å². The van der Waals surface area contributed by atoms with Crippen LogP contribution in [0.15, 0.2) is 29.2 Å². The summed E-state index contributed by atoms with van der Waals surface area (Å²) in [6.07, 6.45) is 0. The van der Waals surface area contributed by atoms with E-state index < -0.39 is 10.0 Å². The maximum Gasteiger partial charge on any atom is 0.243 e. The van der Waals surface area contributed by atoms with Gasteiger partial charge in [0.15, 0.2) is 0 Å². The lowest BCUT2D eigenvalue weighted by molar-refractivity contribution is 0.0496. The van der Waals surface area contributed by atoms with Crippen LogP contribution in [0.25, 0.3) is 0 Å².